The number of primary amides is 1. The summed E-state index contributed by atoms with van der Waals surface area (Å²) in [5.74, 6) is -0.258. The molecule has 136 valence electrons. The molecule has 4 heteroatoms. The fourth-order valence-electron chi connectivity index (χ4n) is 2.79. The molecule has 23 heavy (non-hydrogen) atoms. The molecule has 0 aliphatic rings. The summed E-state index contributed by atoms with van der Waals surface area (Å²) in [5.41, 5.74) is 5.11. The van der Waals surface area contributed by atoms with E-state index >= 15 is 0 Å². The van der Waals surface area contributed by atoms with E-state index in [1.807, 2.05) is 0 Å². The van der Waals surface area contributed by atoms with E-state index in [0.29, 0.717) is 12.8 Å². The Kier molecular flexibility index (Phi) is 16.5. The Balaban J connectivity index is 3.02. The van der Waals surface area contributed by atoms with Crippen LogP contribution in [0.1, 0.15) is 103 Å². The Bertz CT molecular complexity index is 292. The Morgan fingerprint density at radius 3 is 1.22 bits per heavy atom. The summed E-state index contributed by atoms with van der Waals surface area (Å²) in [4.78, 5) is 21.5. The average Bonchev–Trinajstić information content (AvgIpc) is 2.53. The number of hydrogen-bond acceptors (Lipinski definition) is 3. The molecule has 0 bridgehead atoms. The van der Waals surface area contributed by atoms with Crippen LogP contribution in [0.15, 0.2) is 0 Å². The number of ether oxygens (including phenoxy) is 1. The van der Waals surface area contributed by atoms with E-state index in [1.165, 1.54) is 71.3 Å². The lowest BCUT2D eigenvalue weighted by atomic mass is 10.0. The minimum absolute atomic E-state index is 0.0853. The van der Waals surface area contributed by atoms with Crippen molar-refractivity contribution in [2.75, 3.05) is 7.11 Å². The zero-order valence-electron chi connectivity index (χ0n) is 15.1. The summed E-state index contributed by atoms with van der Waals surface area (Å²) in [6.45, 7) is 0. The number of methoxy groups -OCH3 is 1. The molecule has 0 fully saturated rings. The van der Waals surface area contributed by atoms with Gasteiger partial charge in [-0.1, -0.05) is 77.0 Å². The molecule has 1 amide bonds. The first kappa shape index (κ1) is 21.9. The van der Waals surface area contributed by atoms with Gasteiger partial charge < -0.3 is 10.5 Å². The number of unbranched alkanes of at least 4 members (excludes halogenated alkanes) is 13. The topological polar surface area (TPSA) is 69.4 Å². The van der Waals surface area contributed by atoms with Gasteiger partial charge in [0, 0.05) is 12.8 Å². The summed E-state index contributed by atoms with van der Waals surface area (Å²) in [6.07, 6.45) is 18.4. The molecule has 0 atom stereocenters. The molecule has 0 aliphatic heterocycles. The summed E-state index contributed by atoms with van der Waals surface area (Å²) in [7, 11) is 1.45. The smallest absolute Gasteiger partial charge is 0.305 e. The van der Waals surface area contributed by atoms with Crippen LogP contribution in [0.2, 0.25) is 0 Å². The van der Waals surface area contributed by atoms with E-state index in [-0.39, 0.29) is 11.9 Å². The molecule has 0 rings (SSSR count). The van der Waals surface area contributed by atoms with Gasteiger partial charge in [-0.15, -0.1) is 0 Å². The van der Waals surface area contributed by atoms with E-state index in [1.54, 1.807) is 0 Å². The normalized spacial score (nSPS) is 10.7. The van der Waals surface area contributed by atoms with Crippen LogP contribution >= 0.6 is 0 Å². The van der Waals surface area contributed by atoms with Crippen LogP contribution < -0.4 is 5.73 Å². The van der Waals surface area contributed by atoms with Crippen molar-refractivity contribution in [2.24, 2.45) is 5.73 Å². The molecule has 4 nitrogen and oxygen atoms in total. The quantitative estimate of drug-likeness (QED) is 0.305. The van der Waals surface area contributed by atoms with Crippen molar-refractivity contribution in [1.82, 2.24) is 0 Å². The number of carbonyl (C=O) groups is 2. The zero-order chi connectivity index (χ0) is 17.2. The Hall–Kier alpha value is -1.06. The second-order valence-electron chi connectivity index (χ2n) is 6.49. The maximum atomic E-state index is 10.9. The first-order valence-electron chi connectivity index (χ1n) is 9.52. The molecule has 0 aromatic heterocycles. The number of carbonyl (C=O) groups excluding carboxylic acids is 2. The Morgan fingerprint density at radius 1 is 0.609 bits per heavy atom. The van der Waals surface area contributed by atoms with Crippen molar-refractivity contribution < 1.29 is 14.3 Å². The largest absolute Gasteiger partial charge is 0.469 e. The van der Waals surface area contributed by atoms with Gasteiger partial charge in [0.2, 0.25) is 5.91 Å². The number of esters is 1. The number of rotatable bonds is 17. The SMILES string of the molecule is COC(=O)CCCCCCCCCCCCCCCCC(N)=O. The minimum atomic E-state index is -0.173. The highest BCUT2D eigenvalue weighted by molar-refractivity contribution is 5.73. The molecule has 2 N–H and O–H groups in total. The van der Waals surface area contributed by atoms with Gasteiger partial charge in [-0.25, -0.2) is 0 Å². The van der Waals surface area contributed by atoms with Crippen LogP contribution in [-0.2, 0) is 14.3 Å². The maximum Gasteiger partial charge on any atom is 0.305 e. The molecule has 0 heterocycles. The van der Waals surface area contributed by atoms with Crippen molar-refractivity contribution in [2.45, 2.75) is 103 Å². The average molecular weight is 328 g/mol. The van der Waals surface area contributed by atoms with Crippen molar-refractivity contribution in [1.29, 1.82) is 0 Å². The predicted octanol–water partition coefficient (Wildman–Crippen LogP) is 4.89. The van der Waals surface area contributed by atoms with Gasteiger partial charge in [0.25, 0.3) is 0 Å². The van der Waals surface area contributed by atoms with Gasteiger partial charge >= 0.3 is 5.97 Å². The number of hydrogen-bond donors (Lipinski definition) is 1. The van der Waals surface area contributed by atoms with Gasteiger partial charge in [0.15, 0.2) is 0 Å². The van der Waals surface area contributed by atoms with Crippen LogP contribution in [0.25, 0.3) is 0 Å². The van der Waals surface area contributed by atoms with Crippen molar-refractivity contribution in [3.8, 4) is 0 Å². The second-order valence-corrected chi connectivity index (χ2v) is 6.49. The molecule has 0 aromatic carbocycles. The molecular weight excluding hydrogens is 290 g/mol. The summed E-state index contributed by atoms with van der Waals surface area (Å²) in [5, 5.41) is 0. The molecule has 0 saturated heterocycles. The van der Waals surface area contributed by atoms with Gasteiger partial charge in [-0.05, 0) is 12.8 Å². The van der Waals surface area contributed by atoms with Gasteiger partial charge in [-0.3, -0.25) is 9.59 Å². The highest BCUT2D eigenvalue weighted by atomic mass is 16.5. The third-order valence-corrected chi connectivity index (χ3v) is 4.28. The first-order valence-corrected chi connectivity index (χ1v) is 9.52. The van der Waals surface area contributed by atoms with Crippen LogP contribution in [0.3, 0.4) is 0 Å². The standard InChI is InChI=1S/C19H37NO3/c1-23-19(22)17-15-13-11-9-7-5-3-2-4-6-8-10-12-14-16-18(20)21/h2-17H2,1H3,(H2,20,21). The second kappa shape index (κ2) is 17.3. The van der Waals surface area contributed by atoms with Crippen molar-refractivity contribution >= 4 is 11.9 Å². The van der Waals surface area contributed by atoms with E-state index < -0.39 is 0 Å². The van der Waals surface area contributed by atoms with Crippen LogP contribution in [0.4, 0.5) is 0 Å². The highest BCUT2D eigenvalue weighted by Crippen LogP contribution is 2.13. The number of amides is 1. The monoisotopic (exact) mass is 327 g/mol. The van der Waals surface area contributed by atoms with Crippen LogP contribution in [0, 0.1) is 0 Å². The maximum absolute atomic E-state index is 10.9. The van der Waals surface area contributed by atoms with E-state index in [4.69, 9.17) is 5.73 Å². The van der Waals surface area contributed by atoms with Crippen LogP contribution in [0.5, 0.6) is 0 Å². The van der Waals surface area contributed by atoms with Gasteiger partial charge in [-0.2, -0.15) is 0 Å². The summed E-state index contributed by atoms with van der Waals surface area (Å²) < 4.78 is 4.62. The third-order valence-electron chi connectivity index (χ3n) is 4.28. The van der Waals surface area contributed by atoms with Gasteiger partial charge in [0.1, 0.15) is 0 Å². The highest BCUT2D eigenvalue weighted by Gasteiger charge is 1.99. The molecule has 0 aromatic rings. The van der Waals surface area contributed by atoms with Crippen molar-refractivity contribution in [3.63, 3.8) is 0 Å². The summed E-state index contributed by atoms with van der Waals surface area (Å²) >= 11 is 0. The predicted molar refractivity (Wildman–Crippen MR) is 95.1 cm³/mol. The lowest BCUT2D eigenvalue weighted by Gasteiger charge is -2.03. The Labute approximate surface area is 142 Å². The van der Waals surface area contributed by atoms with Crippen LogP contribution in [-0.4, -0.2) is 19.0 Å². The van der Waals surface area contributed by atoms with E-state index in [2.05, 4.69) is 4.74 Å². The fourth-order valence-corrected chi connectivity index (χ4v) is 2.79. The third kappa shape index (κ3) is 18.9. The number of nitrogens with two attached hydrogens (primary N) is 1. The molecule has 0 unspecified atom stereocenters. The first-order chi connectivity index (χ1) is 11.2. The molecule has 0 saturated carbocycles. The minimum Gasteiger partial charge on any atom is -0.469 e. The molecule has 0 spiro atoms. The Morgan fingerprint density at radius 2 is 0.913 bits per heavy atom. The molecular formula is C19H37NO3. The van der Waals surface area contributed by atoms with Gasteiger partial charge in [0.05, 0.1) is 7.11 Å². The van der Waals surface area contributed by atoms with Crippen molar-refractivity contribution in [3.05, 3.63) is 0 Å². The molecule has 0 radical (unpaired) electrons. The zero-order valence-corrected chi connectivity index (χ0v) is 15.1. The lowest BCUT2D eigenvalue weighted by molar-refractivity contribution is -0.140. The lowest BCUT2D eigenvalue weighted by Crippen LogP contribution is -2.09. The van der Waals surface area contributed by atoms with E-state index in [0.717, 1.165) is 25.7 Å². The molecule has 0 aliphatic carbocycles. The van der Waals surface area contributed by atoms with E-state index in [9.17, 15) is 9.59 Å². The fraction of sp³-hybridized carbons (Fsp3) is 0.895. The summed E-state index contributed by atoms with van der Waals surface area (Å²) in [6, 6.07) is 0.